The maximum Gasteiger partial charge on any atom is 0.305 e. The van der Waals surface area contributed by atoms with Gasteiger partial charge >= 0.3 is 5.97 Å². The minimum absolute atomic E-state index is 0.000217. The highest BCUT2D eigenvalue weighted by molar-refractivity contribution is 5.76. The second-order valence-corrected chi connectivity index (χ2v) is 21.0. The van der Waals surface area contributed by atoms with Crippen molar-refractivity contribution in [2.75, 3.05) is 13.2 Å². The molecule has 0 saturated heterocycles. The topological polar surface area (TPSA) is 95.9 Å². The Balaban J connectivity index is 3.39. The molecule has 6 heteroatoms. The van der Waals surface area contributed by atoms with Crippen LogP contribution in [0.2, 0.25) is 0 Å². The Labute approximate surface area is 430 Å². The molecule has 0 bridgehead atoms. The number of carbonyl (C=O) groups is 2. The number of esters is 1. The van der Waals surface area contributed by atoms with Crippen LogP contribution in [0.3, 0.4) is 0 Å². The third kappa shape index (κ3) is 55.2. The maximum absolute atomic E-state index is 12.5. The average molecular weight is 971 g/mol. The minimum atomic E-state index is -0.843. The molecule has 0 aromatic rings. The van der Waals surface area contributed by atoms with Crippen LogP contribution in [0.15, 0.2) is 36.5 Å². The number of allylic oxidation sites excluding steroid dienone is 5. The van der Waals surface area contributed by atoms with Gasteiger partial charge in [-0.05, 0) is 57.8 Å². The standard InChI is InChI=1S/C63H119NO5/c1-3-5-7-9-11-13-15-17-31-35-39-43-47-51-55-61(66)60(59-65)64-62(67)56-52-48-44-40-36-32-29-27-25-23-21-19-20-22-24-26-28-30-34-38-42-46-50-54-58-69-63(68)57-53-49-45-41-37-33-18-16-14-12-10-8-6-4-2/h10,12,16,18,51,55,60-61,65-66H,3-9,11,13-15,17,19-50,52-54,56-59H2,1-2H3,(H,64,67)/b12-10-,18-16-,55-51+. The summed E-state index contributed by atoms with van der Waals surface area (Å²) < 4.78 is 5.47. The highest BCUT2D eigenvalue weighted by atomic mass is 16.5. The third-order valence-corrected chi connectivity index (χ3v) is 14.2. The zero-order chi connectivity index (χ0) is 50.0. The van der Waals surface area contributed by atoms with Crippen molar-refractivity contribution < 1.29 is 24.5 Å². The molecule has 0 saturated carbocycles. The summed E-state index contributed by atoms with van der Waals surface area (Å²) in [5.41, 5.74) is 0. The third-order valence-electron chi connectivity index (χ3n) is 14.2. The van der Waals surface area contributed by atoms with E-state index in [1.807, 2.05) is 6.08 Å². The van der Waals surface area contributed by atoms with Crippen LogP contribution in [0.4, 0.5) is 0 Å². The lowest BCUT2D eigenvalue weighted by Crippen LogP contribution is -2.45. The predicted octanol–water partition coefficient (Wildman–Crippen LogP) is 19.2. The molecule has 0 rings (SSSR count). The Morgan fingerprint density at radius 1 is 0.406 bits per heavy atom. The molecule has 406 valence electrons. The second kappa shape index (κ2) is 58.6. The van der Waals surface area contributed by atoms with Gasteiger partial charge in [0.2, 0.25) is 5.91 Å². The van der Waals surface area contributed by atoms with Crippen LogP contribution in [0.25, 0.3) is 0 Å². The van der Waals surface area contributed by atoms with Crippen molar-refractivity contribution in [1.29, 1.82) is 0 Å². The fraction of sp³-hybridized carbons (Fsp3) is 0.873. The number of unbranched alkanes of at least 4 members (excludes halogenated alkanes) is 42. The zero-order valence-electron chi connectivity index (χ0n) is 46.3. The number of amides is 1. The molecule has 6 nitrogen and oxygen atoms in total. The van der Waals surface area contributed by atoms with E-state index < -0.39 is 12.1 Å². The normalized spacial score (nSPS) is 12.8. The number of ether oxygens (including phenoxy) is 1. The Kier molecular flexibility index (Phi) is 57.0. The van der Waals surface area contributed by atoms with Gasteiger partial charge in [0.05, 0.1) is 25.4 Å². The Morgan fingerprint density at radius 2 is 0.739 bits per heavy atom. The van der Waals surface area contributed by atoms with Gasteiger partial charge in [-0.3, -0.25) is 9.59 Å². The molecule has 0 aliphatic carbocycles. The lowest BCUT2D eigenvalue weighted by atomic mass is 10.0. The fourth-order valence-electron chi connectivity index (χ4n) is 9.42. The summed E-state index contributed by atoms with van der Waals surface area (Å²) in [6, 6.07) is -0.627. The Morgan fingerprint density at radius 3 is 1.14 bits per heavy atom. The highest BCUT2D eigenvalue weighted by Gasteiger charge is 2.18. The molecule has 2 atom stereocenters. The van der Waals surface area contributed by atoms with Crippen molar-refractivity contribution in [2.24, 2.45) is 0 Å². The van der Waals surface area contributed by atoms with Crippen molar-refractivity contribution in [3.8, 4) is 0 Å². The minimum Gasteiger partial charge on any atom is -0.466 e. The van der Waals surface area contributed by atoms with E-state index >= 15 is 0 Å². The quantitative estimate of drug-likeness (QED) is 0.0321. The van der Waals surface area contributed by atoms with Crippen molar-refractivity contribution in [2.45, 2.75) is 341 Å². The second-order valence-electron chi connectivity index (χ2n) is 21.0. The van der Waals surface area contributed by atoms with Crippen LogP contribution in [0.5, 0.6) is 0 Å². The van der Waals surface area contributed by atoms with Gasteiger partial charge in [-0.25, -0.2) is 0 Å². The van der Waals surface area contributed by atoms with E-state index in [4.69, 9.17) is 4.74 Å². The summed E-state index contributed by atoms with van der Waals surface area (Å²) in [5, 5.41) is 23.1. The van der Waals surface area contributed by atoms with E-state index in [1.165, 1.54) is 250 Å². The van der Waals surface area contributed by atoms with Gasteiger partial charge in [-0.1, -0.05) is 294 Å². The van der Waals surface area contributed by atoms with Crippen LogP contribution < -0.4 is 5.32 Å². The predicted molar refractivity (Wildman–Crippen MR) is 301 cm³/mol. The van der Waals surface area contributed by atoms with E-state index in [1.54, 1.807) is 6.08 Å². The summed E-state index contributed by atoms with van der Waals surface area (Å²) in [6.07, 6.45) is 73.3. The monoisotopic (exact) mass is 970 g/mol. The summed E-state index contributed by atoms with van der Waals surface area (Å²) in [5.74, 6) is -0.0660. The first-order chi connectivity index (χ1) is 34.0. The zero-order valence-corrected chi connectivity index (χ0v) is 46.3. The number of aliphatic hydroxyl groups excluding tert-OH is 2. The number of hydrogen-bond donors (Lipinski definition) is 3. The summed E-state index contributed by atoms with van der Waals surface area (Å²) in [6.45, 7) is 4.87. The molecular weight excluding hydrogens is 851 g/mol. The van der Waals surface area contributed by atoms with Crippen molar-refractivity contribution in [3.63, 3.8) is 0 Å². The summed E-state index contributed by atoms with van der Waals surface area (Å²) in [7, 11) is 0. The molecular formula is C63H119NO5. The number of aliphatic hydroxyl groups is 2. The SMILES string of the molecule is CCCC/C=C\C/C=C\CCCCCCCC(=O)OCCCCCCCCCCCCCCCCCCCCCCCCCCC(=O)NC(CO)C(O)/C=C/CCCCCCCCCCCCCC. The molecule has 69 heavy (non-hydrogen) atoms. The summed E-state index contributed by atoms with van der Waals surface area (Å²) >= 11 is 0. The number of rotatable bonds is 57. The average Bonchev–Trinajstić information content (AvgIpc) is 3.35. The molecule has 0 heterocycles. The lowest BCUT2D eigenvalue weighted by molar-refractivity contribution is -0.143. The van der Waals surface area contributed by atoms with Crippen molar-refractivity contribution >= 4 is 11.9 Å². The number of nitrogens with one attached hydrogen (secondary N) is 1. The molecule has 0 aromatic heterocycles. The van der Waals surface area contributed by atoms with Gasteiger partial charge in [0.1, 0.15) is 0 Å². The fourth-order valence-corrected chi connectivity index (χ4v) is 9.42. The Hall–Kier alpha value is -1.92. The molecule has 0 radical (unpaired) electrons. The van der Waals surface area contributed by atoms with E-state index in [2.05, 4.69) is 43.5 Å². The van der Waals surface area contributed by atoms with Crippen LogP contribution in [0.1, 0.15) is 328 Å². The molecule has 0 aromatic carbocycles. The van der Waals surface area contributed by atoms with Crippen molar-refractivity contribution in [3.05, 3.63) is 36.5 Å². The first-order valence-corrected chi connectivity index (χ1v) is 30.8. The van der Waals surface area contributed by atoms with Crippen molar-refractivity contribution in [1.82, 2.24) is 5.32 Å². The van der Waals surface area contributed by atoms with Crippen LogP contribution in [-0.4, -0.2) is 47.4 Å². The van der Waals surface area contributed by atoms with Gasteiger partial charge in [0.25, 0.3) is 0 Å². The van der Waals surface area contributed by atoms with Gasteiger partial charge in [-0.2, -0.15) is 0 Å². The lowest BCUT2D eigenvalue weighted by Gasteiger charge is -2.20. The largest absolute Gasteiger partial charge is 0.466 e. The highest BCUT2D eigenvalue weighted by Crippen LogP contribution is 2.17. The molecule has 1 amide bonds. The maximum atomic E-state index is 12.5. The molecule has 0 fully saturated rings. The van der Waals surface area contributed by atoms with E-state index in [0.717, 1.165) is 51.4 Å². The van der Waals surface area contributed by atoms with Gasteiger partial charge in [-0.15, -0.1) is 0 Å². The first-order valence-electron chi connectivity index (χ1n) is 30.8. The Bertz CT molecular complexity index is 1120. The molecule has 3 N–H and O–H groups in total. The first kappa shape index (κ1) is 67.1. The van der Waals surface area contributed by atoms with Crippen LogP contribution >= 0.6 is 0 Å². The molecule has 0 aliphatic heterocycles. The van der Waals surface area contributed by atoms with E-state index in [0.29, 0.717) is 19.4 Å². The summed E-state index contributed by atoms with van der Waals surface area (Å²) in [4.78, 5) is 24.5. The van der Waals surface area contributed by atoms with E-state index in [-0.39, 0.29) is 18.5 Å². The molecule has 0 aliphatic rings. The molecule has 2 unspecified atom stereocenters. The van der Waals surface area contributed by atoms with Gasteiger partial charge in [0, 0.05) is 12.8 Å². The van der Waals surface area contributed by atoms with Gasteiger partial charge < -0.3 is 20.3 Å². The molecule has 0 spiro atoms. The van der Waals surface area contributed by atoms with Crippen LogP contribution in [-0.2, 0) is 14.3 Å². The van der Waals surface area contributed by atoms with Gasteiger partial charge in [0.15, 0.2) is 0 Å². The van der Waals surface area contributed by atoms with E-state index in [9.17, 15) is 19.8 Å². The van der Waals surface area contributed by atoms with Crippen LogP contribution in [0, 0.1) is 0 Å². The number of carbonyl (C=O) groups excluding carboxylic acids is 2. The smallest absolute Gasteiger partial charge is 0.305 e. The number of hydrogen-bond acceptors (Lipinski definition) is 5.